The fourth-order valence-corrected chi connectivity index (χ4v) is 2.09. The number of aromatic nitrogens is 2. The van der Waals surface area contributed by atoms with E-state index in [0.717, 1.165) is 24.2 Å². The van der Waals surface area contributed by atoms with Gasteiger partial charge in [-0.1, -0.05) is 13.8 Å². The Morgan fingerprint density at radius 2 is 2.11 bits per heavy atom. The van der Waals surface area contributed by atoms with Crippen molar-refractivity contribution in [2.75, 3.05) is 0 Å². The summed E-state index contributed by atoms with van der Waals surface area (Å²) in [5, 5.41) is 13.5. The van der Waals surface area contributed by atoms with Crippen molar-refractivity contribution < 1.29 is 14.3 Å². The van der Waals surface area contributed by atoms with Gasteiger partial charge in [-0.05, 0) is 31.9 Å². The third-order valence-electron chi connectivity index (χ3n) is 3.14. The minimum absolute atomic E-state index is 0.218. The summed E-state index contributed by atoms with van der Waals surface area (Å²) in [4.78, 5) is 11.0. The minimum Gasteiger partial charge on any atom is -0.478 e. The van der Waals surface area contributed by atoms with Crippen molar-refractivity contribution in [2.45, 2.75) is 40.2 Å². The van der Waals surface area contributed by atoms with Crippen molar-refractivity contribution in [3.8, 4) is 0 Å². The van der Waals surface area contributed by atoms with E-state index in [0.29, 0.717) is 18.1 Å². The van der Waals surface area contributed by atoms with Gasteiger partial charge >= 0.3 is 5.97 Å². The van der Waals surface area contributed by atoms with Crippen LogP contribution in [0.1, 0.15) is 47.1 Å². The molecule has 19 heavy (non-hydrogen) atoms. The zero-order valence-electron chi connectivity index (χ0n) is 11.4. The lowest BCUT2D eigenvalue weighted by Gasteiger charge is -2.02. The first kappa shape index (κ1) is 13.4. The number of nitrogens with zero attached hydrogens (tertiary/aromatic N) is 2. The van der Waals surface area contributed by atoms with E-state index in [9.17, 15) is 4.79 Å². The Balaban J connectivity index is 2.28. The van der Waals surface area contributed by atoms with E-state index in [1.807, 2.05) is 4.68 Å². The van der Waals surface area contributed by atoms with E-state index in [-0.39, 0.29) is 5.56 Å². The summed E-state index contributed by atoms with van der Waals surface area (Å²) in [6.45, 7) is 6.26. The van der Waals surface area contributed by atoms with Crippen molar-refractivity contribution in [2.24, 2.45) is 0 Å². The monoisotopic (exact) mass is 262 g/mol. The molecule has 5 nitrogen and oxygen atoms in total. The fourth-order valence-electron chi connectivity index (χ4n) is 2.09. The molecule has 0 fully saturated rings. The van der Waals surface area contributed by atoms with Crippen LogP contribution in [-0.4, -0.2) is 20.9 Å². The number of rotatable bonds is 5. The van der Waals surface area contributed by atoms with Gasteiger partial charge in [-0.3, -0.25) is 4.68 Å². The largest absolute Gasteiger partial charge is 0.478 e. The highest BCUT2D eigenvalue weighted by Gasteiger charge is 2.15. The highest BCUT2D eigenvalue weighted by Crippen LogP contribution is 2.17. The van der Waals surface area contributed by atoms with E-state index in [1.54, 1.807) is 13.0 Å². The van der Waals surface area contributed by atoms with Gasteiger partial charge in [0.15, 0.2) is 0 Å². The molecule has 0 amide bonds. The first-order chi connectivity index (χ1) is 9.05. The third kappa shape index (κ3) is 2.70. The molecule has 2 rings (SSSR count). The quantitative estimate of drug-likeness (QED) is 0.899. The Kier molecular flexibility index (Phi) is 3.74. The molecule has 0 saturated heterocycles. The molecule has 0 aromatic carbocycles. The normalized spacial score (nSPS) is 10.9. The van der Waals surface area contributed by atoms with Crippen LogP contribution >= 0.6 is 0 Å². The summed E-state index contributed by atoms with van der Waals surface area (Å²) in [5.74, 6) is 0.0942. The van der Waals surface area contributed by atoms with Crippen molar-refractivity contribution in [1.82, 2.24) is 9.78 Å². The second-order valence-electron chi connectivity index (χ2n) is 4.48. The van der Waals surface area contributed by atoms with Crippen LogP contribution in [0, 0.1) is 6.92 Å². The molecular formula is C14H18N2O3. The van der Waals surface area contributed by atoms with E-state index in [1.165, 1.54) is 0 Å². The maximum absolute atomic E-state index is 11.0. The van der Waals surface area contributed by atoms with Gasteiger partial charge in [0.2, 0.25) is 0 Å². The lowest BCUT2D eigenvalue weighted by Crippen LogP contribution is -2.05. The van der Waals surface area contributed by atoms with Crippen LogP contribution in [0.5, 0.6) is 0 Å². The molecule has 0 bridgehead atoms. The topological polar surface area (TPSA) is 68.3 Å². The number of carbonyl (C=O) groups is 1. The highest BCUT2D eigenvalue weighted by atomic mass is 16.4. The number of hydrogen-bond acceptors (Lipinski definition) is 3. The number of aryl methyl sites for hydroxylation is 3. The van der Waals surface area contributed by atoms with E-state index in [4.69, 9.17) is 9.52 Å². The van der Waals surface area contributed by atoms with Gasteiger partial charge in [0.05, 0.1) is 12.2 Å². The second-order valence-corrected chi connectivity index (χ2v) is 4.48. The Morgan fingerprint density at radius 3 is 2.63 bits per heavy atom. The number of furan rings is 1. The van der Waals surface area contributed by atoms with Crippen LogP contribution < -0.4 is 0 Å². The Labute approximate surface area is 111 Å². The maximum atomic E-state index is 11.0. The lowest BCUT2D eigenvalue weighted by molar-refractivity contribution is 0.0695. The molecule has 0 radical (unpaired) electrons. The van der Waals surface area contributed by atoms with Crippen molar-refractivity contribution >= 4 is 5.97 Å². The molecule has 0 aliphatic heterocycles. The first-order valence-corrected chi connectivity index (χ1v) is 6.43. The highest BCUT2D eigenvalue weighted by molar-refractivity contribution is 5.88. The van der Waals surface area contributed by atoms with Gasteiger partial charge in [-0.25, -0.2) is 4.79 Å². The predicted molar refractivity (Wildman–Crippen MR) is 70.5 cm³/mol. The van der Waals surface area contributed by atoms with Crippen LogP contribution in [0.15, 0.2) is 16.5 Å². The third-order valence-corrected chi connectivity index (χ3v) is 3.14. The molecule has 0 atom stereocenters. The molecular weight excluding hydrogens is 244 g/mol. The summed E-state index contributed by atoms with van der Waals surface area (Å²) in [5.41, 5.74) is 2.39. The summed E-state index contributed by atoms with van der Waals surface area (Å²) >= 11 is 0. The zero-order valence-corrected chi connectivity index (χ0v) is 11.4. The fraction of sp³-hybridized carbons (Fsp3) is 0.429. The number of carboxylic acid groups (broad SMARTS) is 1. The molecule has 0 aliphatic carbocycles. The Morgan fingerprint density at radius 1 is 1.37 bits per heavy atom. The molecule has 0 saturated carbocycles. The van der Waals surface area contributed by atoms with Crippen molar-refractivity contribution in [3.63, 3.8) is 0 Å². The summed E-state index contributed by atoms with van der Waals surface area (Å²) < 4.78 is 7.36. The molecule has 2 heterocycles. The molecule has 0 spiro atoms. The number of aromatic carboxylic acids is 1. The van der Waals surface area contributed by atoms with Gasteiger partial charge in [0.1, 0.15) is 17.1 Å². The van der Waals surface area contributed by atoms with E-state index < -0.39 is 5.97 Å². The van der Waals surface area contributed by atoms with Gasteiger partial charge in [-0.2, -0.15) is 5.10 Å². The Bertz CT molecular complexity index is 596. The van der Waals surface area contributed by atoms with Crippen LogP contribution in [0.3, 0.4) is 0 Å². The zero-order chi connectivity index (χ0) is 14.0. The van der Waals surface area contributed by atoms with Gasteiger partial charge < -0.3 is 9.52 Å². The standard InChI is InChI=1S/C14H18N2O3/c1-4-10-6-11(5-2)16(15-10)8-12-7-13(14(17)18)9(3)19-12/h6-7H,4-5,8H2,1-3H3,(H,17,18). The summed E-state index contributed by atoms with van der Waals surface area (Å²) in [6, 6.07) is 3.65. The Hall–Kier alpha value is -2.04. The van der Waals surface area contributed by atoms with Crippen molar-refractivity contribution in [1.29, 1.82) is 0 Å². The number of carboxylic acids is 1. The molecule has 2 aromatic rings. The minimum atomic E-state index is -0.960. The average Bonchev–Trinajstić information content (AvgIpc) is 2.93. The van der Waals surface area contributed by atoms with E-state index >= 15 is 0 Å². The average molecular weight is 262 g/mol. The maximum Gasteiger partial charge on any atom is 0.339 e. The number of hydrogen-bond donors (Lipinski definition) is 1. The molecule has 1 N–H and O–H groups in total. The van der Waals surface area contributed by atoms with E-state index in [2.05, 4.69) is 25.0 Å². The lowest BCUT2D eigenvalue weighted by atomic mass is 10.2. The predicted octanol–water partition coefficient (Wildman–Crippen LogP) is 2.66. The molecule has 0 unspecified atom stereocenters. The second kappa shape index (κ2) is 5.30. The summed E-state index contributed by atoms with van der Waals surface area (Å²) in [7, 11) is 0. The van der Waals surface area contributed by atoms with Crippen LogP contribution in [0.2, 0.25) is 0 Å². The van der Waals surface area contributed by atoms with Crippen LogP contribution in [-0.2, 0) is 19.4 Å². The van der Waals surface area contributed by atoms with Gasteiger partial charge in [0, 0.05) is 5.69 Å². The smallest absolute Gasteiger partial charge is 0.339 e. The van der Waals surface area contributed by atoms with Crippen molar-refractivity contribution in [3.05, 3.63) is 40.6 Å². The SMILES string of the molecule is CCc1cc(CC)n(Cc2cc(C(=O)O)c(C)o2)n1. The molecule has 2 aromatic heterocycles. The first-order valence-electron chi connectivity index (χ1n) is 6.43. The molecule has 102 valence electrons. The van der Waals surface area contributed by atoms with Gasteiger partial charge in [-0.15, -0.1) is 0 Å². The van der Waals surface area contributed by atoms with Crippen LogP contribution in [0.4, 0.5) is 0 Å². The molecule has 0 aliphatic rings. The summed E-state index contributed by atoms with van der Waals surface area (Å²) in [6.07, 6.45) is 1.77. The van der Waals surface area contributed by atoms with Gasteiger partial charge in [0.25, 0.3) is 0 Å². The van der Waals surface area contributed by atoms with Crippen LogP contribution in [0.25, 0.3) is 0 Å². The molecule has 5 heteroatoms.